The molecule has 0 spiro atoms. The largest absolute Gasteiger partial charge is 0.332 e. The van der Waals surface area contributed by atoms with Crippen LogP contribution < -0.4 is 0 Å². The predicted octanol–water partition coefficient (Wildman–Crippen LogP) is 1.38. The van der Waals surface area contributed by atoms with Crippen LogP contribution in [0.15, 0.2) is 0 Å². The molecule has 1 aliphatic heterocycles. The number of thiol groups is 1. The third-order valence-corrected chi connectivity index (χ3v) is 5.99. The van der Waals surface area contributed by atoms with Gasteiger partial charge in [0.05, 0.1) is 0 Å². The van der Waals surface area contributed by atoms with E-state index in [1.165, 1.54) is 0 Å². The summed E-state index contributed by atoms with van der Waals surface area (Å²) in [4.78, 5) is 9.02. The summed E-state index contributed by atoms with van der Waals surface area (Å²) in [6.07, 6.45) is 0. The van der Waals surface area contributed by atoms with Crippen molar-refractivity contribution in [2.45, 2.75) is 0 Å². The van der Waals surface area contributed by atoms with Gasteiger partial charge in [-0.1, -0.05) is 12.2 Å². The zero-order chi connectivity index (χ0) is 7.83. The Morgan fingerprint density at radius 1 is 1.40 bits per heavy atom. The molecule has 2 unspecified atom stereocenters. The van der Waals surface area contributed by atoms with Crippen molar-refractivity contribution in [2.75, 3.05) is 6.79 Å². The molecule has 1 heterocycles. The monoisotopic (exact) mass is 238 g/mol. The van der Waals surface area contributed by atoms with Gasteiger partial charge in [0.2, 0.25) is 0 Å². The molecule has 0 aromatic heterocycles. The van der Waals surface area contributed by atoms with Crippen LogP contribution in [-0.4, -0.2) is 11.7 Å². The molecular weight excluding hydrogens is 234 g/mol. The minimum absolute atomic E-state index is 0.130. The van der Waals surface area contributed by atoms with Gasteiger partial charge in [-0.15, -0.1) is 0 Å². The average Bonchev–Trinajstić information content (AvgIpc) is 1.56. The molecule has 0 aliphatic carbocycles. The Morgan fingerprint density at radius 3 is 2.30 bits per heavy atom. The van der Waals surface area contributed by atoms with E-state index in [0.29, 0.717) is 0 Å². The maximum Gasteiger partial charge on any atom is 0.332 e. The summed E-state index contributed by atoms with van der Waals surface area (Å²) in [7, 11) is 0. The van der Waals surface area contributed by atoms with Crippen LogP contribution in [0.4, 0.5) is 0 Å². The van der Waals surface area contributed by atoms with E-state index < -0.39 is 12.4 Å². The zero-order valence-corrected chi connectivity index (χ0v) is 8.85. The first kappa shape index (κ1) is 9.58. The fourth-order valence-electron chi connectivity index (χ4n) is 0.334. The molecule has 1 N–H and O–H groups in total. The molecule has 60 valence electrons. The molecular formula is CH4O4P2S3. The van der Waals surface area contributed by atoms with Gasteiger partial charge < -0.3 is 4.89 Å². The summed E-state index contributed by atoms with van der Waals surface area (Å²) >= 11 is 13.0. The lowest BCUT2D eigenvalue weighted by Crippen LogP contribution is -2.03. The van der Waals surface area contributed by atoms with Crippen molar-refractivity contribution in [3.8, 4) is 0 Å². The highest BCUT2D eigenvalue weighted by Crippen LogP contribution is 2.69. The van der Waals surface area contributed by atoms with E-state index in [2.05, 4.69) is 32.9 Å². The summed E-state index contributed by atoms with van der Waals surface area (Å²) in [6, 6.07) is 0. The number of hydrogen-bond donors (Lipinski definition) is 2. The molecule has 1 fully saturated rings. The van der Waals surface area contributed by atoms with Crippen LogP contribution >= 0.6 is 24.7 Å². The second-order valence-corrected chi connectivity index (χ2v) is 9.66. The number of hydrogen-bond acceptors (Lipinski definition) is 5. The molecule has 0 amide bonds. The van der Waals surface area contributed by atoms with Gasteiger partial charge in [0.1, 0.15) is 0 Å². The number of rotatable bonds is 0. The highest BCUT2D eigenvalue weighted by molar-refractivity contribution is 8.60. The van der Waals surface area contributed by atoms with Crippen molar-refractivity contribution < 1.29 is 18.3 Å². The summed E-state index contributed by atoms with van der Waals surface area (Å²) < 4.78 is 14.0. The molecule has 1 saturated heterocycles. The quantitative estimate of drug-likeness (QED) is 0.491. The standard InChI is InChI=1S/CH4O4P2S3/c2-6(8)3-1-4-7(9,10)5-6/h1H2,(H,2,8)(H,9,10). The Kier molecular flexibility index (Phi) is 2.96. The van der Waals surface area contributed by atoms with E-state index in [1.54, 1.807) is 0 Å². The fraction of sp³-hybridized carbons (Fsp3) is 1.00. The average molecular weight is 238 g/mol. The van der Waals surface area contributed by atoms with E-state index in [-0.39, 0.29) is 6.79 Å². The first-order valence-corrected chi connectivity index (χ1v) is 8.45. The zero-order valence-electron chi connectivity index (χ0n) is 4.54. The molecule has 0 bridgehead atoms. The van der Waals surface area contributed by atoms with E-state index in [4.69, 9.17) is 21.2 Å². The van der Waals surface area contributed by atoms with Crippen LogP contribution in [0.2, 0.25) is 0 Å². The molecule has 2 atom stereocenters. The minimum atomic E-state index is -3.13. The van der Waals surface area contributed by atoms with Crippen LogP contribution in [-0.2, 0) is 37.0 Å². The lowest BCUT2D eigenvalue weighted by molar-refractivity contribution is 0.0846. The molecule has 1 aliphatic rings. The van der Waals surface area contributed by atoms with Crippen LogP contribution in [0.25, 0.3) is 0 Å². The van der Waals surface area contributed by atoms with Gasteiger partial charge in [-0.25, -0.2) is 4.31 Å². The van der Waals surface area contributed by atoms with Gasteiger partial charge in [0, 0.05) is 0 Å². The van der Waals surface area contributed by atoms with Gasteiger partial charge in [0.15, 0.2) is 6.79 Å². The van der Waals surface area contributed by atoms with Gasteiger partial charge in [0.25, 0.3) is 5.69 Å². The summed E-state index contributed by atoms with van der Waals surface area (Å²) in [6.45, 7) is -3.26. The molecule has 1 rings (SSSR count). The highest BCUT2D eigenvalue weighted by atomic mass is 32.9. The Hall–Kier alpha value is 1.49. The van der Waals surface area contributed by atoms with Crippen molar-refractivity contribution in [3.63, 3.8) is 0 Å². The van der Waals surface area contributed by atoms with Gasteiger partial charge in [-0.2, -0.15) is 0 Å². The molecule has 0 aromatic carbocycles. The Bertz CT molecular complexity index is 205. The Morgan fingerprint density at radius 2 is 2.00 bits per heavy atom. The summed E-state index contributed by atoms with van der Waals surface area (Å²) in [5.41, 5.74) is -2.61. The highest BCUT2D eigenvalue weighted by Gasteiger charge is 2.31. The molecule has 0 saturated carbocycles. The van der Waals surface area contributed by atoms with Crippen molar-refractivity contribution >= 4 is 48.3 Å². The van der Waals surface area contributed by atoms with E-state index in [0.717, 1.165) is 0 Å². The summed E-state index contributed by atoms with van der Waals surface area (Å²) in [5.74, 6) is 0. The maximum absolute atomic E-state index is 9.02. The van der Waals surface area contributed by atoms with Crippen molar-refractivity contribution in [1.82, 2.24) is 0 Å². The third kappa shape index (κ3) is 2.85. The normalized spacial score (nSPS) is 49.0. The first-order chi connectivity index (χ1) is 4.41. The molecule has 9 heteroatoms. The van der Waals surface area contributed by atoms with Crippen LogP contribution in [0.3, 0.4) is 0 Å². The topological polar surface area (TPSA) is 47.9 Å². The Balaban J connectivity index is 2.75. The van der Waals surface area contributed by atoms with E-state index >= 15 is 0 Å². The lowest BCUT2D eigenvalue weighted by atomic mass is 11.6. The summed E-state index contributed by atoms with van der Waals surface area (Å²) in [5, 5.41) is 0. The maximum atomic E-state index is 9.02. The first-order valence-electron chi connectivity index (χ1n) is 2.07. The molecule has 10 heavy (non-hydrogen) atoms. The SMILES string of the molecule is OP1(=S)OCOP(=S)(S)O1. The van der Waals surface area contributed by atoms with Crippen molar-refractivity contribution in [1.29, 1.82) is 0 Å². The van der Waals surface area contributed by atoms with E-state index in [1.807, 2.05) is 0 Å². The second-order valence-electron chi connectivity index (χ2n) is 1.39. The smallest absolute Gasteiger partial charge is 0.324 e. The minimum Gasteiger partial charge on any atom is -0.324 e. The molecule has 0 aromatic rings. The van der Waals surface area contributed by atoms with E-state index in [9.17, 15) is 0 Å². The lowest BCUT2D eigenvalue weighted by Gasteiger charge is -2.27. The van der Waals surface area contributed by atoms with Crippen LogP contribution in [0.1, 0.15) is 0 Å². The second kappa shape index (κ2) is 3.09. The molecule has 4 nitrogen and oxygen atoms in total. The third-order valence-electron chi connectivity index (χ3n) is 0.638. The van der Waals surface area contributed by atoms with Crippen LogP contribution in [0, 0.1) is 0 Å². The van der Waals surface area contributed by atoms with Crippen molar-refractivity contribution in [3.05, 3.63) is 0 Å². The van der Waals surface area contributed by atoms with Gasteiger partial charge >= 0.3 is 6.72 Å². The fourth-order valence-corrected chi connectivity index (χ4v) is 5.98. The van der Waals surface area contributed by atoms with Gasteiger partial charge in [-0.3, -0.25) is 9.05 Å². The van der Waals surface area contributed by atoms with Crippen molar-refractivity contribution in [2.24, 2.45) is 0 Å². The van der Waals surface area contributed by atoms with Crippen LogP contribution in [0.5, 0.6) is 0 Å². The Labute approximate surface area is 73.4 Å². The van der Waals surface area contributed by atoms with Gasteiger partial charge in [-0.05, 0) is 23.6 Å². The molecule has 0 radical (unpaired) electrons. The predicted molar refractivity (Wildman–Crippen MR) is 47.9 cm³/mol.